The summed E-state index contributed by atoms with van der Waals surface area (Å²) in [4.78, 5) is 11.1. The van der Waals surface area contributed by atoms with Crippen LogP contribution in [0.25, 0.3) is 0 Å². The second-order valence-electron chi connectivity index (χ2n) is 3.26. The summed E-state index contributed by atoms with van der Waals surface area (Å²) in [6, 6.07) is 0. The number of alkyl halides is 3. The van der Waals surface area contributed by atoms with Crippen LogP contribution in [-0.4, -0.2) is 18.8 Å². The molecule has 0 aromatic heterocycles. The monoisotopic (exact) mass is 224 g/mol. The first kappa shape index (κ1) is 14.0. The summed E-state index contributed by atoms with van der Waals surface area (Å²) >= 11 is 0. The van der Waals surface area contributed by atoms with Gasteiger partial charge in [-0.1, -0.05) is 19.1 Å². The SMILES string of the molecule is CCOC(=O)[C@H](C)/C=C\[C@H](C)C(F)(F)F. The number of hydrogen-bond acceptors (Lipinski definition) is 2. The van der Waals surface area contributed by atoms with Crippen LogP contribution in [0.2, 0.25) is 0 Å². The van der Waals surface area contributed by atoms with Gasteiger partial charge in [0.15, 0.2) is 0 Å². The zero-order valence-electron chi connectivity index (χ0n) is 8.97. The van der Waals surface area contributed by atoms with E-state index in [0.717, 1.165) is 13.0 Å². The molecule has 0 aliphatic rings. The minimum atomic E-state index is -4.26. The lowest BCUT2D eigenvalue weighted by Gasteiger charge is -2.11. The van der Waals surface area contributed by atoms with Crippen LogP contribution in [-0.2, 0) is 9.53 Å². The average Bonchev–Trinajstić information content (AvgIpc) is 2.12. The lowest BCUT2D eigenvalue weighted by atomic mass is 10.1. The quantitative estimate of drug-likeness (QED) is 0.542. The van der Waals surface area contributed by atoms with Crippen LogP contribution in [0, 0.1) is 11.8 Å². The van der Waals surface area contributed by atoms with Crippen LogP contribution in [0.15, 0.2) is 12.2 Å². The number of esters is 1. The topological polar surface area (TPSA) is 26.3 Å². The van der Waals surface area contributed by atoms with Crippen molar-refractivity contribution in [2.45, 2.75) is 26.9 Å². The number of allylic oxidation sites excluding steroid dienone is 1. The van der Waals surface area contributed by atoms with Gasteiger partial charge in [-0.05, 0) is 13.8 Å². The Morgan fingerprint density at radius 1 is 1.33 bits per heavy atom. The number of carbonyl (C=O) groups is 1. The standard InChI is InChI=1S/C10H15F3O2/c1-4-15-9(14)7(2)5-6-8(3)10(11,12)13/h5-8H,4H2,1-3H3/b6-5-/t7-,8+/m1/s1. The van der Waals surface area contributed by atoms with Crippen molar-refractivity contribution in [2.24, 2.45) is 11.8 Å². The minimum absolute atomic E-state index is 0.228. The van der Waals surface area contributed by atoms with E-state index in [4.69, 9.17) is 0 Å². The molecular weight excluding hydrogens is 209 g/mol. The molecule has 0 spiro atoms. The largest absolute Gasteiger partial charge is 0.466 e. The van der Waals surface area contributed by atoms with E-state index >= 15 is 0 Å². The molecule has 0 aromatic carbocycles. The number of carbonyl (C=O) groups excluding carboxylic acids is 1. The highest BCUT2D eigenvalue weighted by Crippen LogP contribution is 2.26. The number of ether oxygens (including phenoxy) is 1. The summed E-state index contributed by atoms with van der Waals surface area (Å²) in [6.07, 6.45) is -2.07. The molecule has 0 rings (SSSR count). The molecule has 0 bridgehead atoms. The zero-order valence-corrected chi connectivity index (χ0v) is 8.97. The van der Waals surface area contributed by atoms with E-state index in [1.165, 1.54) is 13.0 Å². The molecule has 0 saturated carbocycles. The Labute approximate surface area is 87.1 Å². The first-order valence-electron chi connectivity index (χ1n) is 4.70. The molecular formula is C10H15F3O2. The molecule has 5 heteroatoms. The minimum Gasteiger partial charge on any atom is -0.466 e. The maximum absolute atomic E-state index is 12.1. The number of halogens is 3. The number of rotatable bonds is 4. The van der Waals surface area contributed by atoms with E-state index in [1.54, 1.807) is 6.92 Å². The molecule has 0 fully saturated rings. The molecule has 88 valence electrons. The van der Waals surface area contributed by atoms with Gasteiger partial charge >= 0.3 is 12.1 Å². The van der Waals surface area contributed by atoms with Gasteiger partial charge in [0.1, 0.15) is 0 Å². The van der Waals surface area contributed by atoms with E-state index in [1.807, 2.05) is 0 Å². The van der Waals surface area contributed by atoms with Crippen molar-refractivity contribution in [3.8, 4) is 0 Å². The molecule has 0 heterocycles. The average molecular weight is 224 g/mol. The molecule has 0 N–H and O–H groups in total. The fourth-order valence-corrected chi connectivity index (χ4v) is 0.795. The lowest BCUT2D eigenvalue weighted by molar-refractivity contribution is -0.156. The lowest BCUT2D eigenvalue weighted by Crippen LogP contribution is -2.18. The molecule has 0 aliphatic carbocycles. The van der Waals surface area contributed by atoms with Gasteiger partial charge in [-0.15, -0.1) is 0 Å². The first-order chi connectivity index (χ1) is 6.79. The Hall–Kier alpha value is -1.00. The van der Waals surface area contributed by atoms with E-state index in [9.17, 15) is 18.0 Å². The number of hydrogen-bond donors (Lipinski definition) is 0. The molecule has 0 radical (unpaired) electrons. The molecule has 15 heavy (non-hydrogen) atoms. The smallest absolute Gasteiger partial charge is 0.394 e. The predicted octanol–water partition coefficient (Wildman–Crippen LogP) is 2.94. The van der Waals surface area contributed by atoms with Crippen molar-refractivity contribution in [1.29, 1.82) is 0 Å². The first-order valence-corrected chi connectivity index (χ1v) is 4.70. The highest BCUT2D eigenvalue weighted by atomic mass is 19.4. The summed E-state index contributed by atoms with van der Waals surface area (Å²) in [5.74, 6) is -2.70. The zero-order chi connectivity index (χ0) is 12.1. The summed E-state index contributed by atoms with van der Waals surface area (Å²) in [5, 5.41) is 0. The van der Waals surface area contributed by atoms with E-state index in [0.29, 0.717) is 0 Å². The van der Waals surface area contributed by atoms with Crippen LogP contribution < -0.4 is 0 Å². The molecule has 0 saturated heterocycles. The van der Waals surface area contributed by atoms with Gasteiger partial charge in [-0.2, -0.15) is 13.2 Å². The van der Waals surface area contributed by atoms with Gasteiger partial charge in [0.25, 0.3) is 0 Å². The third-order valence-corrected chi connectivity index (χ3v) is 1.86. The Bertz CT molecular complexity index is 233. The van der Waals surface area contributed by atoms with Crippen molar-refractivity contribution in [2.75, 3.05) is 6.61 Å². The maximum Gasteiger partial charge on any atom is 0.394 e. The van der Waals surface area contributed by atoms with Crippen LogP contribution in [0.5, 0.6) is 0 Å². The molecule has 0 amide bonds. The molecule has 0 aliphatic heterocycles. The van der Waals surface area contributed by atoms with E-state index < -0.39 is 24.0 Å². The third kappa shape index (κ3) is 5.44. The van der Waals surface area contributed by atoms with Crippen LogP contribution in [0.1, 0.15) is 20.8 Å². The van der Waals surface area contributed by atoms with Crippen molar-refractivity contribution in [3.05, 3.63) is 12.2 Å². The summed E-state index contributed by atoms with van der Waals surface area (Å²) in [6.45, 7) is 4.41. The fraction of sp³-hybridized carbons (Fsp3) is 0.700. The highest BCUT2D eigenvalue weighted by Gasteiger charge is 2.33. The van der Waals surface area contributed by atoms with Gasteiger partial charge in [-0.25, -0.2) is 0 Å². The summed E-state index contributed by atoms with van der Waals surface area (Å²) in [5.41, 5.74) is 0. The Morgan fingerprint density at radius 2 is 1.87 bits per heavy atom. The van der Waals surface area contributed by atoms with Crippen LogP contribution in [0.4, 0.5) is 13.2 Å². The van der Waals surface area contributed by atoms with Crippen molar-refractivity contribution in [3.63, 3.8) is 0 Å². The Balaban J connectivity index is 4.22. The molecule has 0 unspecified atom stereocenters. The van der Waals surface area contributed by atoms with Crippen molar-refractivity contribution >= 4 is 5.97 Å². The predicted molar refractivity (Wildman–Crippen MR) is 50.2 cm³/mol. The van der Waals surface area contributed by atoms with Gasteiger partial charge in [0, 0.05) is 0 Å². The maximum atomic E-state index is 12.1. The van der Waals surface area contributed by atoms with Gasteiger partial charge < -0.3 is 4.74 Å². The summed E-state index contributed by atoms with van der Waals surface area (Å²) < 4.78 is 40.9. The van der Waals surface area contributed by atoms with Gasteiger partial charge in [-0.3, -0.25) is 4.79 Å². The van der Waals surface area contributed by atoms with Crippen molar-refractivity contribution < 1.29 is 22.7 Å². The third-order valence-electron chi connectivity index (χ3n) is 1.86. The van der Waals surface area contributed by atoms with Crippen LogP contribution >= 0.6 is 0 Å². The van der Waals surface area contributed by atoms with E-state index in [-0.39, 0.29) is 6.61 Å². The molecule has 2 nitrogen and oxygen atoms in total. The van der Waals surface area contributed by atoms with Crippen molar-refractivity contribution in [1.82, 2.24) is 0 Å². The second kappa shape index (κ2) is 5.78. The van der Waals surface area contributed by atoms with Crippen LogP contribution in [0.3, 0.4) is 0 Å². The highest BCUT2D eigenvalue weighted by molar-refractivity contribution is 5.73. The second-order valence-corrected chi connectivity index (χ2v) is 3.26. The van der Waals surface area contributed by atoms with Gasteiger partial charge in [0.2, 0.25) is 0 Å². The van der Waals surface area contributed by atoms with E-state index in [2.05, 4.69) is 4.74 Å². The fourth-order valence-electron chi connectivity index (χ4n) is 0.795. The Morgan fingerprint density at radius 3 is 2.27 bits per heavy atom. The summed E-state index contributed by atoms with van der Waals surface area (Å²) in [7, 11) is 0. The molecule has 2 atom stereocenters. The molecule has 0 aromatic rings. The normalized spacial score (nSPS) is 16.4. The van der Waals surface area contributed by atoms with Gasteiger partial charge in [0.05, 0.1) is 18.4 Å². The Kier molecular flexibility index (Phi) is 5.39.